The maximum Gasteiger partial charge on any atom is 0.0879 e. The van der Waals surface area contributed by atoms with E-state index in [4.69, 9.17) is 4.74 Å². The quantitative estimate of drug-likeness (QED) is 0.782. The van der Waals surface area contributed by atoms with Crippen LogP contribution in [0.15, 0.2) is 0 Å². The van der Waals surface area contributed by atoms with Gasteiger partial charge in [0.2, 0.25) is 0 Å². The molecule has 0 radical (unpaired) electrons. The molecule has 2 aliphatic rings. The van der Waals surface area contributed by atoms with Crippen molar-refractivity contribution < 1.29 is 9.84 Å². The van der Waals surface area contributed by atoms with Gasteiger partial charge in [-0.3, -0.25) is 0 Å². The summed E-state index contributed by atoms with van der Waals surface area (Å²) in [4.78, 5) is 0. The molecule has 3 heteroatoms. The molecule has 0 spiro atoms. The smallest absolute Gasteiger partial charge is 0.0879 e. The van der Waals surface area contributed by atoms with Crippen LogP contribution >= 0.6 is 0 Å². The lowest BCUT2D eigenvalue weighted by Crippen LogP contribution is -2.52. The molecule has 1 saturated carbocycles. The van der Waals surface area contributed by atoms with Crippen molar-refractivity contribution in [3.63, 3.8) is 0 Å². The fraction of sp³-hybridized carbons (Fsp3) is 0.923. The van der Waals surface area contributed by atoms with Gasteiger partial charge < -0.3 is 9.84 Å². The first-order chi connectivity index (χ1) is 7.66. The van der Waals surface area contributed by atoms with Crippen molar-refractivity contribution in [2.75, 3.05) is 6.61 Å². The molecule has 2 fully saturated rings. The minimum atomic E-state index is -0.808. The second-order valence-electron chi connectivity index (χ2n) is 5.29. The third kappa shape index (κ3) is 1.74. The monoisotopic (exact) mass is 223 g/mol. The Morgan fingerprint density at radius 3 is 2.62 bits per heavy atom. The van der Waals surface area contributed by atoms with Gasteiger partial charge in [-0.25, -0.2) is 0 Å². The molecule has 90 valence electrons. The Morgan fingerprint density at radius 1 is 1.38 bits per heavy atom. The van der Waals surface area contributed by atoms with Crippen molar-refractivity contribution in [3.8, 4) is 6.07 Å². The SMILES string of the molecule is CCC1CC(O)(C2(C#N)CCCC2)CCO1. The molecule has 1 saturated heterocycles. The molecule has 3 nitrogen and oxygen atoms in total. The Bertz CT molecular complexity index is 291. The molecule has 2 unspecified atom stereocenters. The van der Waals surface area contributed by atoms with Crippen LogP contribution in [-0.2, 0) is 4.74 Å². The molecule has 0 bridgehead atoms. The highest BCUT2D eigenvalue weighted by molar-refractivity contribution is 5.14. The van der Waals surface area contributed by atoms with Crippen molar-refractivity contribution in [2.24, 2.45) is 5.41 Å². The molecule has 0 aromatic rings. The molecule has 0 aromatic carbocycles. The average molecular weight is 223 g/mol. The average Bonchev–Trinajstić information content (AvgIpc) is 2.79. The fourth-order valence-electron chi connectivity index (χ4n) is 3.29. The van der Waals surface area contributed by atoms with E-state index in [-0.39, 0.29) is 6.10 Å². The van der Waals surface area contributed by atoms with Gasteiger partial charge in [-0.05, 0) is 19.3 Å². The molecule has 1 N–H and O–H groups in total. The highest BCUT2D eigenvalue weighted by Crippen LogP contribution is 2.51. The third-order valence-corrected chi connectivity index (χ3v) is 4.45. The Kier molecular flexibility index (Phi) is 3.23. The van der Waals surface area contributed by atoms with Crippen LogP contribution in [0.5, 0.6) is 0 Å². The highest BCUT2D eigenvalue weighted by atomic mass is 16.5. The summed E-state index contributed by atoms with van der Waals surface area (Å²) in [5, 5.41) is 20.3. The molecule has 2 rings (SSSR count). The predicted octanol–water partition coefficient (Wildman–Crippen LogP) is 2.39. The van der Waals surface area contributed by atoms with E-state index in [1.807, 2.05) is 0 Å². The van der Waals surface area contributed by atoms with Crippen LogP contribution in [0.25, 0.3) is 0 Å². The Balaban J connectivity index is 2.19. The van der Waals surface area contributed by atoms with Crippen molar-refractivity contribution in [1.82, 2.24) is 0 Å². The minimum Gasteiger partial charge on any atom is -0.388 e. The summed E-state index contributed by atoms with van der Waals surface area (Å²) in [5.41, 5.74) is -1.30. The fourth-order valence-corrected chi connectivity index (χ4v) is 3.29. The van der Waals surface area contributed by atoms with Gasteiger partial charge >= 0.3 is 0 Å². The van der Waals surface area contributed by atoms with Gasteiger partial charge in [-0.15, -0.1) is 0 Å². The standard InChI is InChI=1S/C13H21NO2/c1-2-11-9-13(15,7-8-16-11)12(10-14)5-3-4-6-12/h11,15H,2-9H2,1H3. The van der Waals surface area contributed by atoms with Crippen molar-refractivity contribution >= 4 is 0 Å². The largest absolute Gasteiger partial charge is 0.388 e. The third-order valence-electron chi connectivity index (χ3n) is 4.45. The molecule has 0 amide bonds. The van der Waals surface area contributed by atoms with Crippen molar-refractivity contribution in [2.45, 2.75) is 63.6 Å². The van der Waals surface area contributed by atoms with Gasteiger partial charge in [0.15, 0.2) is 0 Å². The lowest BCUT2D eigenvalue weighted by Gasteiger charge is -2.45. The van der Waals surface area contributed by atoms with Crippen LogP contribution in [-0.4, -0.2) is 23.4 Å². The Labute approximate surface area is 97.4 Å². The normalized spacial score (nSPS) is 38.2. The Morgan fingerprint density at radius 2 is 2.06 bits per heavy atom. The van der Waals surface area contributed by atoms with E-state index in [1.165, 1.54) is 0 Å². The summed E-state index contributed by atoms with van der Waals surface area (Å²) < 4.78 is 5.60. The summed E-state index contributed by atoms with van der Waals surface area (Å²) in [7, 11) is 0. The van der Waals surface area contributed by atoms with Crippen LogP contribution in [0, 0.1) is 16.7 Å². The number of nitrogens with zero attached hydrogens (tertiary/aromatic N) is 1. The maximum atomic E-state index is 10.8. The lowest BCUT2D eigenvalue weighted by molar-refractivity contribution is -0.150. The maximum absolute atomic E-state index is 10.8. The van der Waals surface area contributed by atoms with Gasteiger partial charge in [-0.2, -0.15) is 5.26 Å². The van der Waals surface area contributed by atoms with Crippen LogP contribution in [0.2, 0.25) is 0 Å². The molecule has 0 aromatic heterocycles. The minimum absolute atomic E-state index is 0.129. The van der Waals surface area contributed by atoms with Crippen LogP contribution in [0.3, 0.4) is 0 Å². The van der Waals surface area contributed by atoms with Gasteiger partial charge in [0, 0.05) is 19.4 Å². The van der Waals surface area contributed by atoms with Crippen LogP contribution in [0.1, 0.15) is 51.9 Å². The first-order valence-corrected chi connectivity index (χ1v) is 6.41. The van der Waals surface area contributed by atoms with Crippen LogP contribution < -0.4 is 0 Å². The van der Waals surface area contributed by atoms with Crippen molar-refractivity contribution in [1.29, 1.82) is 5.26 Å². The summed E-state index contributed by atoms with van der Waals surface area (Å²) >= 11 is 0. The summed E-state index contributed by atoms with van der Waals surface area (Å²) in [6, 6.07) is 2.43. The predicted molar refractivity (Wildman–Crippen MR) is 60.7 cm³/mol. The number of rotatable bonds is 2. The molecular formula is C13H21NO2. The number of hydrogen-bond acceptors (Lipinski definition) is 3. The van der Waals surface area contributed by atoms with Crippen molar-refractivity contribution in [3.05, 3.63) is 0 Å². The van der Waals surface area contributed by atoms with E-state index < -0.39 is 11.0 Å². The summed E-state index contributed by atoms with van der Waals surface area (Å²) in [5.74, 6) is 0. The van der Waals surface area contributed by atoms with E-state index in [2.05, 4.69) is 13.0 Å². The van der Waals surface area contributed by atoms with E-state index >= 15 is 0 Å². The van der Waals surface area contributed by atoms with E-state index in [0.29, 0.717) is 19.4 Å². The lowest BCUT2D eigenvalue weighted by atomic mass is 9.66. The molecular weight excluding hydrogens is 202 g/mol. The summed E-state index contributed by atoms with van der Waals surface area (Å²) in [6.07, 6.45) is 6.18. The first kappa shape index (κ1) is 11.9. The molecule has 16 heavy (non-hydrogen) atoms. The number of aliphatic hydroxyl groups is 1. The van der Waals surface area contributed by atoms with Gasteiger partial charge in [0.25, 0.3) is 0 Å². The zero-order chi connectivity index (χ0) is 11.6. The van der Waals surface area contributed by atoms with Gasteiger partial charge in [0.05, 0.1) is 23.2 Å². The van der Waals surface area contributed by atoms with Gasteiger partial charge in [-0.1, -0.05) is 19.8 Å². The second-order valence-corrected chi connectivity index (χ2v) is 5.29. The summed E-state index contributed by atoms with van der Waals surface area (Å²) in [6.45, 7) is 2.67. The first-order valence-electron chi connectivity index (χ1n) is 6.41. The number of hydrogen-bond donors (Lipinski definition) is 1. The zero-order valence-electron chi connectivity index (χ0n) is 10.0. The molecule has 1 aliphatic carbocycles. The Hall–Kier alpha value is -0.590. The zero-order valence-corrected chi connectivity index (χ0v) is 10.0. The van der Waals surface area contributed by atoms with E-state index in [1.54, 1.807) is 0 Å². The second kappa shape index (κ2) is 4.35. The highest BCUT2D eigenvalue weighted by Gasteiger charge is 2.54. The molecule has 1 aliphatic heterocycles. The molecule has 1 heterocycles. The topological polar surface area (TPSA) is 53.2 Å². The van der Waals surface area contributed by atoms with Crippen LogP contribution in [0.4, 0.5) is 0 Å². The number of ether oxygens (including phenoxy) is 1. The van der Waals surface area contributed by atoms with Gasteiger partial charge in [0.1, 0.15) is 0 Å². The van der Waals surface area contributed by atoms with E-state index in [9.17, 15) is 10.4 Å². The molecule has 2 atom stereocenters. The number of nitriles is 1. The van der Waals surface area contributed by atoms with E-state index in [0.717, 1.165) is 32.1 Å².